The van der Waals surface area contributed by atoms with Crippen molar-refractivity contribution in [2.45, 2.75) is 40.0 Å². The molecule has 1 aromatic rings. The zero-order valence-corrected chi connectivity index (χ0v) is 14.9. The molecular weight excluding hydrogens is 270 g/mol. The van der Waals surface area contributed by atoms with Gasteiger partial charge in [-0.05, 0) is 63.5 Å². The smallest absolute Gasteiger partial charge is 0.0994 e. The molecule has 22 heavy (non-hydrogen) atoms. The fourth-order valence-electron chi connectivity index (χ4n) is 2.58. The highest BCUT2D eigenvalue weighted by molar-refractivity contribution is 5.54. The molecular formula is C19H31N3. The first kappa shape index (κ1) is 18.5. The molecule has 0 aliphatic rings. The molecule has 3 nitrogen and oxygen atoms in total. The first-order chi connectivity index (χ1) is 10.5. The normalized spacial score (nSPS) is 11.0. The van der Waals surface area contributed by atoms with Gasteiger partial charge in [-0.2, -0.15) is 5.26 Å². The molecule has 0 radical (unpaired) electrons. The lowest BCUT2D eigenvalue weighted by Crippen LogP contribution is -2.31. The molecule has 0 unspecified atom stereocenters. The van der Waals surface area contributed by atoms with E-state index >= 15 is 0 Å². The highest BCUT2D eigenvalue weighted by Crippen LogP contribution is 2.21. The van der Waals surface area contributed by atoms with Gasteiger partial charge in [0.2, 0.25) is 0 Å². The molecule has 0 fully saturated rings. The summed E-state index contributed by atoms with van der Waals surface area (Å²) >= 11 is 0. The number of benzene rings is 1. The van der Waals surface area contributed by atoms with Gasteiger partial charge in [0.15, 0.2) is 0 Å². The van der Waals surface area contributed by atoms with Crippen LogP contribution in [-0.4, -0.2) is 38.6 Å². The molecule has 3 heteroatoms. The Labute approximate surface area is 136 Å². The van der Waals surface area contributed by atoms with Crippen LogP contribution >= 0.6 is 0 Å². The maximum atomic E-state index is 9.32. The molecule has 0 heterocycles. The summed E-state index contributed by atoms with van der Waals surface area (Å²) in [6.07, 6.45) is 3.37. The van der Waals surface area contributed by atoms with Crippen molar-refractivity contribution in [3.63, 3.8) is 0 Å². The molecule has 0 bridgehead atoms. The maximum absolute atomic E-state index is 9.32. The van der Waals surface area contributed by atoms with Crippen LogP contribution in [0.2, 0.25) is 0 Å². The van der Waals surface area contributed by atoms with Gasteiger partial charge >= 0.3 is 0 Å². The Morgan fingerprint density at radius 3 is 2.45 bits per heavy atom. The molecule has 0 saturated heterocycles. The Morgan fingerprint density at radius 2 is 1.91 bits per heavy atom. The topological polar surface area (TPSA) is 30.3 Å². The minimum absolute atomic E-state index is 0.723. The van der Waals surface area contributed by atoms with Crippen LogP contribution in [0.1, 0.15) is 44.7 Å². The molecule has 0 N–H and O–H groups in total. The Balaban J connectivity index is 2.85. The number of likely N-dealkylation sites (N-methyl/N-ethyl adjacent to an activating group) is 2. The summed E-state index contributed by atoms with van der Waals surface area (Å²) in [6.45, 7) is 9.73. The van der Waals surface area contributed by atoms with Crippen LogP contribution in [0.25, 0.3) is 0 Å². The summed E-state index contributed by atoms with van der Waals surface area (Å²) in [4.78, 5) is 4.59. The summed E-state index contributed by atoms with van der Waals surface area (Å²) in [5.41, 5.74) is 3.27. The van der Waals surface area contributed by atoms with Crippen molar-refractivity contribution in [3.05, 3.63) is 29.3 Å². The minimum Gasteiger partial charge on any atom is -0.371 e. The molecule has 0 amide bonds. The van der Waals surface area contributed by atoms with Crippen molar-refractivity contribution in [1.29, 1.82) is 5.26 Å². The summed E-state index contributed by atoms with van der Waals surface area (Å²) in [6, 6.07) is 8.63. The van der Waals surface area contributed by atoms with Crippen LogP contribution < -0.4 is 4.90 Å². The Bertz CT molecular complexity index is 486. The Morgan fingerprint density at radius 1 is 1.18 bits per heavy atom. The van der Waals surface area contributed by atoms with Crippen molar-refractivity contribution in [2.75, 3.05) is 38.6 Å². The molecule has 0 saturated carbocycles. The summed E-state index contributed by atoms with van der Waals surface area (Å²) in [7, 11) is 4.20. The average molecular weight is 301 g/mol. The largest absolute Gasteiger partial charge is 0.371 e. The van der Waals surface area contributed by atoms with Crippen LogP contribution in [-0.2, 0) is 6.42 Å². The van der Waals surface area contributed by atoms with Gasteiger partial charge in [-0.3, -0.25) is 0 Å². The third-order valence-electron chi connectivity index (χ3n) is 4.00. The first-order valence-corrected chi connectivity index (χ1v) is 8.40. The monoisotopic (exact) mass is 301 g/mol. The number of nitrogens with zero attached hydrogens (tertiary/aromatic N) is 3. The molecule has 0 aliphatic heterocycles. The van der Waals surface area contributed by atoms with E-state index in [0.717, 1.165) is 44.0 Å². The van der Waals surface area contributed by atoms with E-state index in [2.05, 4.69) is 62.9 Å². The van der Waals surface area contributed by atoms with Crippen molar-refractivity contribution >= 4 is 5.69 Å². The molecule has 0 atom stereocenters. The second-order valence-corrected chi connectivity index (χ2v) is 6.62. The standard InChI is InChI=1S/C19H31N3/c1-6-22(13-12-21(4)5)19-11-10-18(15-20)17(14-19)9-7-8-16(2)3/h10-11,14,16H,6-9,12-13H2,1-5H3. The van der Waals surface area contributed by atoms with Gasteiger partial charge in [0, 0.05) is 25.3 Å². The zero-order chi connectivity index (χ0) is 16.5. The van der Waals surface area contributed by atoms with E-state index in [1.165, 1.54) is 17.7 Å². The van der Waals surface area contributed by atoms with Crippen molar-refractivity contribution < 1.29 is 0 Å². The summed E-state index contributed by atoms with van der Waals surface area (Å²) < 4.78 is 0. The van der Waals surface area contributed by atoms with Gasteiger partial charge in [-0.15, -0.1) is 0 Å². The summed E-state index contributed by atoms with van der Waals surface area (Å²) in [5, 5.41) is 9.32. The van der Waals surface area contributed by atoms with Crippen molar-refractivity contribution in [2.24, 2.45) is 5.92 Å². The zero-order valence-electron chi connectivity index (χ0n) is 14.9. The Kier molecular flexibility index (Phi) is 7.98. The first-order valence-electron chi connectivity index (χ1n) is 8.40. The highest BCUT2D eigenvalue weighted by atomic mass is 15.2. The van der Waals surface area contributed by atoms with Gasteiger partial charge in [-0.25, -0.2) is 0 Å². The lowest BCUT2D eigenvalue weighted by Gasteiger charge is -2.25. The molecule has 0 aliphatic carbocycles. The minimum atomic E-state index is 0.723. The molecule has 0 spiro atoms. The van der Waals surface area contributed by atoms with Crippen LogP contribution in [0.15, 0.2) is 18.2 Å². The molecule has 1 rings (SSSR count). The maximum Gasteiger partial charge on any atom is 0.0994 e. The quantitative estimate of drug-likeness (QED) is 0.692. The van der Waals surface area contributed by atoms with Gasteiger partial charge in [0.05, 0.1) is 11.6 Å². The average Bonchev–Trinajstić information content (AvgIpc) is 2.47. The fourth-order valence-corrected chi connectivity index (χ4v) is 2.58. The molecule has 1 aromatic carbocycles. The van der Waals surface area contributed by atoms with E-state index in [1.54, 1.807) is 0 Å². The predicted molar refractivity (Wildman–Crippen MR) is 95.4 cm³/mol. The fraction of sp³-hybridized carbons (Fsp3) is 0.632. The van der Waals surface area contributed by atoms with Gasteiger partial charge in [0.1, 0.15) is 0 Å². The lowest BCUT2D eigenvalue weighted by atomic mass is 9.98. The third-order valence-corrected chi connectivity index (χ3v) is 4.00. The van der Waals surface area contributed by atoms with E-state index in [1.807, 2.05) is 6.07 Å². The van der Waals surface area contributed by atoms with E-state index in [9.17, 15) is 5.26 Å². The molecule has 0 aromatic heterocycles. The van der Waals surface area contributed by atoms with Crippen LogP contribution in [0.4, 0.5) is 5.69 Å². The van der Waals surface area contributed by atoms with Crippen LogP contribution in [0.5, 0.6) is 0 Å². The van der Waals surface area contributed by atoms with E-state index < -0.39 is 0 Å². The second-order valence-electron chi connectivity index (χ2n) is 6.62. The number of rotatable bonds is 9. The number of hydrogen-bond acceptors (Lipinski definition) is 3. The van der Waals surface area contributed by atoms with Crippen LogP contribution in [0.3, 0.4) is 0 Å². The molecule has 122 valence electrons. The number of hydrogen-bond donors (Lipinski definition) is 0. The van der Waals surface area contributed by atoms with E-state index in [0.29, 0.717) is 0 Å². The van der Waals surface area contributed by atoms with Gasteiger partial charge < -0.3 is 9.80 Å². The van der Waals surface area contributed by atoms with Crippen molar-refractivity contribution in [3.8, 4) is 6.07 Å². The third kappa shape index (κ3) is 6.07. The van der Waals surface area contributed by atoms with E-state index in [4.69, 9.17) is 0 Å². The number of nitriles is 1. The van der Waals surface area contributed by atoms with Crippen molar-refractivity contribution in [1.82, 2.24) is 4.90 Å². The predicted octanol–water partition coefficient (Wildman–Crippen LogP) is 3.92. The second kappa shape index (κ2) is 9.48. The highest BCUT2D eigenvalue weighted by Gasteiger charge is 2.09. The number of anilines is 1. The van der Waals surface area contributed by atoms with Crippen LogP contribution in [0, 0.1) is 17.2 Å². The summed E-state index contributed by atoms with van der Waals surface area (Å²) in [5.74, 6) is 0.723. The van der Waals surface area contributed by atoms with Gasteiger partial charge in [0.25, 0.3) is 0 Å². The van der Waals surface area contributed by atoms with E-state index in [-0.39, 0.29) is 0 Å². The van der Waals surface area contributed by atoms with Gasteiger partial charge in [-0.1, -0.05) is 20.3 Å². The number of aryl methyl sites for hydroxylation is 1. The Hall–Kier alpha value is -1.53. The SMILES string of the molecule is CCN(CCN(C)C)c1ccc(C#N)c(CCCC(C)C)c1. The lowest BCUT2D eigenvalue weighted by molar-refractivity contribution is 0.414.